The van der Waals surface area contributed by atoms with Gasteiger partial charge in [-0.3, -0.25) is 9.59 Å². The summed E-state index contributed by atoms with van der Waals surface area (Å²) < 4.78 is 9.75. The monoisotopic (exact) mass is 961 g/mol. The first-order valence-corrected chi connectivity index (χ1v) is 26.1. The van der Waals surface area contributed by atoms with Crippen LogP contribution in [0.5, 0.6) is 0 Å². The zero-order valence-electron chi connectivity index (χ0n) is 41.9. The Morgan fingerprint density at radius 2 is 1.08 bits per heavy atom. The number of likely N-dealkylation sites (tertiary alicyclic amines) is 2. The van der Waals surface area contributed by atoms with Crippen molar-refractivity contribution in [1.82, 2.24) is 40.4 Å². The second-order valence-electron chi connectivity index (χ2n) is 22.3. The van der Waals surface area contributed by atoms with Gasteiger partial charge in [-0.05, 0) is 144 Å². The van der Waals surface area contributed by atoms with E-state index in [4.69, 9.17) is 19.4 Å². The van der Waals surface area contributed by atoms with Crippen LogP contribution in [0.4, 0.5) is 9.59 Å². The first-order valence-electron chi connectivity index (χ1n) is 26.1. The van der Waals surface area contributed by atoms with E-state index >= 15 is 0 Å². The standard InChI is InChI=1S/C57H68N8O6/c1-31(2)47(62-55(68)70-5)53(66)64-41-19-17-37(24-41)49(64)51-58-29-45(60-51)35-13-9-33(10-14-35)39-23-40-27-57(21-7-8-22-57)28-44(40)43(26-39)34-11-15-36(16-12-34)46-30-59-52(61-46)50-38-18-20-42(25-38)65(50)54(67)48(32(3)4)63-56(69)71-6/h9-16,23,26,29-32,37-38,41-42,47-50H,7-8,17-22,24-25,27-28H2,1-6H3,(H,58,60)(H,59,61)(H,62,68)(H,63,69)/t37?,38?,41?,42?,47-,48-,49-,50-/m0/s1. The van der Waals surface area contributed by atoms with Gasteiger partial charge in [0.2, 0.25) is 11.8 Å². The van der Waals surface area contributed by atoms with E-state index in [2.05, 4.69) is 81.3 Å². The summed E-state index contributed by atoms with van der Waals surface area (Å²) in [5.74, 6) is 1.84. The molecule has 4 bridgehead atoms. The van der Waals surface area contributed by atoms with Gasteiger partial charge in [-0.25, -0.2) is 19.6 Å². The van der Waals surface area contributed by atoms with Gasteiger partial charge in [-0.15, -0.1) is 0 Å². The Morgan fingerprint density at radius 1 is 0.620 bits per heavy atom. The van der Waals surface area contributed by atoms with Gasteiger partial charge in [-0.2, -0.15) is 0 Å². The van der Waals surface area contributed by atoms with Gasteiger partial charge in [-0.1, -0.05) is 95.1 Å². The lowest BCUT2D eigenvalue weighted by Crippen LogP contribution is -2.54. The van der Waals surface area contributed by atoms with Crippen LogP contribution in [0.3, 0.4) is 0 Å². The van der Waals surface area contributed by atoms with Crippen molar-refractivity contribution in [1.29, 1.82) is 0 Å². The van der Waals surface area contributed by atoms with Crippen molar-refractivity contribution in [3.63, 3.8) is 0 Å². The Bertz CT molecular complexity index is 2830. The average molecular weight is 961 g/mol. The maximum absolute atomic E-state index is 14.1. The highest BCUT2D eigenvalue weighted by Crippen LogP contribution is 2.54. The van der Waals surface area contributed by atoms with Crippen molar-refractivity contribution in [2.45, 2.75) is 141 Å². The van der Waals surface area contributed by atoms with Crippen LogP contribution in [0.25, 0.3) is 44.8 Å². The number of nitrogens with zero attached hydrogens (tertiary/aromatic N) is 4. The van der Waals surface area contributed by atoms with Gasteiger partial charge in [0, 0.05) is 12.1 Å². The third kappa shape index (κ3) is 8.48. The van der Waals surface area contributed by atoms with E-state index in [0.717, 1.165) is 91.1 Å². The number of rotatable bonds is 12. The molecule has 4 heterocycles. The van der Waals surface area contributed by atoms with Crippen molar-refractivity contribution in [3.8, 4) is 44.8 Å². The summed E-state index contributed by atoms with van der Waals surface area (Å²) >= 11 is 0. The van der Waals surface area contributed by atoms with E-state index in [1.54, 1.807) is 0 Å². The molecular weight excluding hydrogens is 893 g/mol. The zero-order valence-corrected chi connectivity index (χ0v) is 41.9. The topological polar surface area (TPSA) is 175 Å². The van der Waals surface area contributed by atoms with Crippen LogP contribution in [-0.2, 0) is 31.9 Å². The van der Waals surface area contributed by atoms with E-state index < -0.39 is 24.3 Å². The van der Waals surface area contributed by atoms with Crippen molar-refractivity contribution in [3.05, 3.63) is 95.8 Å². The van der Waals surface area contributed by atoms with Crippen LogP contribution in [0.2, 0.25) is 0 Å². The number of carbonyl (C=O) groups excluding carboxylic acids is 4. The number of nitrogens with one attached hydrogen (secondary N) is 4. The molecule has 0 radical (unpaired) electrons. The second-order valence-corrected chi connectivity index (χ2v) is 22.3. The number of hydrogen-bond donors (Lipinski definition) is 4. The predicted molar refractivity (Wildman–Crippen MR) is 271 cm³/mol. The highest BCUT2D eigenvalue weighted by Gasteiger charge is 2.53. The van der Waals surface area contributed by atoms with Crippen molar-refractivity contribution in [2.75, 3.05) is 14.2 Å². The smallest absolute Gasteiger partial charge is 0.407 e. The number of imidazole rings is 2. The van der Waals surface area contributed by atoms with Crippen LogP contribution in [-0.4, -0.2) is 92.1 Å². The third-order valence-corrected chi connectivity index (χ3v) is 17.4. The van der Waals surface area contributed by atoms with Crippen LogP contribution in [0, 0.1) is 29.1 Å². The molecule has 3 saturated carbocycles. The maximum atomic E-state index is 14.1. The summed E-state index contributed by atoms with van der Waals surface area (Å²) in [6, 6.07) is 21.0. The quantitative estimate of drug-likeness (QED) is 0.0956. The molecule has 4 aliphatic carbocycles. The van der Waals surface area contributed by atoms with Gasteiger partial charge in [0.05, 0.1) is 50.1 Å². The summed E-state index contributed by atoms with van der Waals surface area (Å²) in [5.41, 5.74) is 12.0. The maximum Gasteiger partial charge on any atom is 0.407 e. The fraction of sp³-hybridized carbons (Fsp3) is 0.509. The molecule has 372 valence electrons. The lowest BCUT2D eigenvalue weighted by Gasteiger charge is -2.37. The van der Waals surface area contributed by atoms with Gasteiger partial charge < -0.3 is 39.9 Å². The van der Waals surface area contributed by atoms with E-state index in [1.165, 1.54) is 67.7 Å². The number of piperidine rings is 2. The van der Waals surface area contributed by atoms with Crippen LogP contribution in [0.1, 0.15) is 127 Å². The van der Waals surface area contributed by atoms with Crippen LogP contribution < -0.4 is 10.6 Å². The molecule has 71 heavy (non-hydrogen) atoms. The molecule has 6 aliphatic rings. The molecule has 14 nitrogen and oxygen atoms in total. The van der Waals surface area contributed by atoms with Crippen molar-refractivity contribution < 1.29 is 28.7 Å². The van der Waals surface area contributed by atoms with Crippen LogP contribution >= 0.6 is 0 Å². The molecule has 2 aliphatic heterocycles. The van der Waals surface area contributed by atoms with Crippen LogP contribution in [0.15, 0.2) is 73.1 Å². The van der Waals surface area contributed by atoms with E-state index in [0.29, 0.717) is 17.3 Å². The summed E-state index contributed by atoms with van der Waals surface area (Å²) in [7, 11) is 2.64. The number of aromatic amines is 2. The molecule has 1 spiro atoms. The Kier molecular flexibility index (Phi) is 12.3. The van der Waals surface area contributed by atoms with E-state index in [9.17, 15) is 19.2 Å². The molecule has 2 aromatic heterocycles. The largest absolute Gasteiger partial charge is 0.453 e. The van der Waals surface area contributed by atoms with Gasteiger partial charge in [0.15, 0.2) is 0 Å². The number of ether oxygens (including phenoxy) is 2. The molecule has 5 aromatic rings. The molecule has 8 atom stereocenters. The lowest BCUT2D eigenvalue weighted by molar-refractivity contribution is -0.140. The van der Waals surface area contributed by atoms with Gasteiger partial charge >= 0.3 is 12.2 Å². The Labute approximate surface area is 416 Å². The molecule has 11 rings (SSSR count). The Morgan fingerprint density at radius 3 is 1.55 bits per heavy atom. The molecular formula is C57H68N8O6. The fourth-order valence-corrected chi connectivity index (χ4v) is 13.8. The number of hydrogen-bond acceptors (Lipinski definition) is 8. The number of aromatic nitrogens is 4. The van der Waals surface area contributed by atoms with Gasteiger partial charge in [0.25, 0.3) is 0 Å². The summed E-state index contributed by atoms with van der Waals surface area (Å²) in [6.07, 6.45) is 15.8. The number of fused-ring (bicyclic) bond motifs is 5. The minimum absolute atomic E-state index is 0.0798. The molecule has 4 amide bonds. The fourth-order valence-electron chi connectivity index (χ4n) is 13.8. The summed E-state index contributed by atoms with van der Waals surface area (Å²) in [4.78, 5) is 73.8. The zero-order chi connectivity index (χ0) is 49.3. The predicted octanol–water partition coefficient (Wildman–Crippen LogP) is 10.3. The molecule has 4 N–H and O–H groups in total. The summed E-state index contributed by atoms with van der Waals surface area (Å²) in [6.45, 7) is 7.78. The second kappa shape index (κ2) is 18.6. The Hall–Kier alpha value is -6.44. The highest BCUT2D eigenvalue weighted by atomic mass is 16.5. The number of benzene rings is 3. The molecule has 2 saturated heterocycles. The normalized spacial score (nSPS) is 24.5. The molecule has 5 fully saturated rings. The first kappa shape index (κ1) is 46.9. The highest BCUT2D eigenvalue weighted by molar-refractivity contribution is 5.88. The van der Waals surface area contributed by atoms with Gasteiger partial charge in [0.1, 0.15) is 23.7 Å². The number of H-pyrrole nitrogens is 2. The third-order valence-electron chi connectivity index (χ3n) is 17.4. The minimum atomic E-state index is -0.682. The number of methoxy groups -OCH3 is 2. The number of alkyl carbamates (subject to hydrolysis) is 2. The van der Waals surface area contributed by atoms with Crippen molar-refractivity contribution >= 4 is 24.0 Å². The molecule has 14 heteroatoms. The van der Waals surface area contributed by atoms with E-state index in [-0.39, 0.29) is 47.8 Å². The molecule has 4 unspecified atom stereocenters. The SMILES string of the molecule is COC(=O)N[C@H](C(=O)N1C2CCC(C2)[C@H]1c1ncc(-c2ccc(-c3cc4c(c(-c5ccc(-c6cnc([C@@H]7C8CCC(C8)N7C(=O)[C@@H](NC(=O)OC)C(C)C)[nH]6)cc5)c3)CC3(CCCC3)C4)cc2)[nH]1)C(C)C. The van der Waals surface area contributed by atoms with E-state index in [1.807, 2.05) is 49.9 Å². The van der Waals surface area contributed by atoms with Crippen molar-refractivity contribution in [2.24, 2.45) is 29.1 Å². The first-order chi connectivity index (χ1) is 34.3. The lowest BCUT2D eigenvalue weighted by atomic mass is 9.83. The Balaban J connectivity index is 0.842. The molecule has 3 aromatic carbocycles. The number of amides is 4. The minimum Gasteiger partial charge on any atom is -0.453 e. The summed E-state index contributed by atoms with van der Waals surface area (Å²) in [5, 5.41) is 5.58. The number of carbonyl (C=O) groups is 4. The average Bonchev–Trinajstić information content (AvgIpc) is 4.25.